The van der Waals surface area contributed by atoms with E-state index in [4.69, 9.17) is 9.84 Å². The van der Waals surface area contributed by atoms with Crippen molar-refractivity contribution in [2.75, 3.05) is 6.61 Å². The summed E-state index contributed by atoms with van der Waals surface area (Å²) >= 11 is 0. The Bertz CT molecular complexity index is 414. The van der Waals surface area contributed by atoms with Crippen molar-refractivity contribution in [1.29, 1.82) is 0 Å². The normalized spacial score (nSPS) is 28.6. The molecule has 2 N–H and O–H groups in total. The maximum Gasteiger partial charge on any atom is 0.107 e. The predicted octanol–water partition coefficient (Wildman–Crippen LogP) is 1.80. The van der Waals surface area contributed by atoms with Crippen molar-refractivity contribution in [3.05, 3.63) is 34.4 Å². The van der Waals surface area contributed by atoms with Crippen LogP contribution in [0.2, 0.25) is 0 Å². The summed E-state index contributed by atoms with van der Waals surface area (Å²) in [6, 6.07) is 4.27. The highest BCUT2D eigenvalue weighted by atomic mass is 16.5. The molecule has 0 aromatic heterocycles. The lowest BCUT2D eigenvalue weighted by Crippen LogP contribution is -2.24. The number of rotatable bonds is 2. The summed E-state index contributed by atoms with van der Waals surface area (Å²) in [5.41, 5.74) is 4.81. The minimum absolute atomic E-state index is 0.0959. The smallest absolute Gasteiger partial charge is 0.107 e. The fourth-order valence-electron chi connectivity index (χ4n) is 2.42. The zero-order valence-corrected chi connectivity index (χ0v) is 10.6. The van der Waals surface area contributed by atoms with Crippen molar-refractivity contribution < 1.29 is 14.9 Å². The molecule has 1 aromatic carbocycles. The van der Waals surface area contributed by atoms with Gasteiger partial charge in [0.25, 0.3) is 0 Å². The van der Waals surface area contributed by atoms with Crippen molar-refractivity contribution in [1.82, 2.24) is 0 Å². The Labute approximate surface area is 102 Å². The molecular weight excluding hydrogens is 216 g/mol. The van der Waals surface area contributed by atoms with Crippen LogP contribution in [0, 0.1) is 20.8 Å². The van der Waals surface area contributed by atoms with Crippen LogP contribution in [0.1, 0.15) is 34.8 Å². The molecule has 0 aliphatic carbocycles. The van der Waals surface area contributed by atoms with Crippen molar-refractivity contribution in [2.24, 2.45) is 0 Å². The summed E-state index contributed by atoms with van der Waals surface area (Å²) in [6.45, 7) is 6.10. The first-order chi connectivity index (χ1) is 8.02. The molecule has 2 rings (SSSR count). The summed E-state index contributed by atoms with van der Waals surface area (Å²) in [5.74, 6) is 0. The quantitative estimate of drug-likeness (QED) is 0.823. The van der Waals surface area contributed by atoms with Gasteiger partial charge < -0.3 is 14.9 Å². The van der Waals surface area contributed by atoms with E-state index in [0.29, 0.717) is 6.42 Å². The van der Waals surface area contributed by atoms with Gasteiger partial charge in [-0.25, -0.2) is 0 Å². The SMILES string of the molecule is Cc1cc(C)c([C@H]2C[C@@H](O)[C@@H](CO)O2)cc1C. The van der Waals surface area contributed by atoms with Gasteiger partial charge in [-0.2, -0.15) is 0 Å². The van der Waals surface area contributed by atoms with Crippen LogP contribution in [-0.4, -0.2) is 29.0 Å². The number of ether oxygens (including phenoxy) is 1. The maximum atomic E-state index is 9.75. The van der Waals surface area contributed by atoms with E-state index in [1.807, 2.05) is 0 Å². The molecule has 1 heterocycles. The van der Waals surface area contributed by atoms with Crippen LogP contribution in [0.4, 0.5) is 0 Å². The van der Waals surface area contributed by atoms with Crippen molar-refractivity contribution in [3.8, 4) is 0 Å². The molecule has 17 heavy (non-hydrogen) atoms. The van der Waals surface area contributed by atoms with Gasteiger partial charge in [-0.1, -0.05) is 12.1 Å². The molecule has 1 fully saturated rings. The molecule has 3 heteroatoms. The third-order valence-corrected chi connectivity index (χ3v) is 3.63. The van der Waals surface area contributed by atoms with E-state index < -0.39 is 12.2 Å². The third kappa shape index (κ3) is 2.37. The molecule has 0 bridgehead atoms. The van der Waals surface area contributed by atoms with Gasteiger partial charge in [0.2, 0.25) is 0 Å². The average molecular weight is 236 g/mol. The molecule has 0 radical (unpaired) electrons. The van der Waals surface area contributed by atoms with Crippen LogP contribution in [0.5, 0.6) is 0 Å². The lowest BCUT2D eigenvalue weighted by atomic mass is 9.95. The summed E-state index contributed by atoms with van der Waals surface area (Å²) in [5, 5.41) is 18.8. The van der Waals surface area contributed by atoms with Crippen LogP contribution in [0.3, 0.4) is 0 Å². The zero-order chi connectivity index (χ0) is 12.6. The Kier molecular flexibility index (Phi) is 3.52. The Morgan fingerprint density at radius 3 is 2.41 bits per heavy atom. The van der Waals surface area contributed by atoms with Gasteiger partial charge in [-0.05, 0) is 43.0 Å². The largest absolute Gasteiger partial charge is 0.394 e. The summed E-state index contributed by atoms with van der Waals surface area (Å²) in [4.78, 5) is 0. The molecule has 1 aliphatic rings. The topological polar surface area (TPSA) is 49.7 Å². The third-order valence-electron chi connectivity index (χ3n) is 3.63. The Morgan fingerprint density at radius 1 is 1.18 bits per heavy atom. The van der Waals surface area contributed by atoms with Gasteiger partial charge in [-0.15, -0.1) is 0 Å². The van der Waals surface area contributed by atoms with E-state index in [0.717, 1.165) is 5.56 Å². The summed E-state index contributed by atoms with van der Waals surface area (Å²) in [6.07, 6.45) is -0.539. The zero-order valence-electron chi connectivity index (χ0n) is 10.6. The van der Waals surface area contributed by atoms with Gasteiger partial charge in [0.05, 0.1) is 18.8 Å². The second-order valence-electron chi connectivity index (χ2n) is 4.94. The van der Waals surface area contributed by atoms with Crippen molar-refractivity contribution >= 4 is 0 Å². The minimum Gasteiger partial charge on any atom is -0.394 e. The van der Waals surface area contributed by atoms with Gasteiger partial charge in [-0.3, -0.25) is 0 Å². The minimum atomic E-state index is -0.564. The Morgan fingerprint density at radius 2 is 1.82 bits per heavy atom. The van der Waals surface area contributed by atoms with E-state index in [2.05, 4.69) is 32.9 Å². The predicted molar refractivity (Wildman–Crippen MR) is 66.0 cm³/mol. The number of aryl methyl sites for hydroxylation is 3. The van der Waals surface area contributed by atoms with Crippen LogP contribution in [0.15, 0.2) is 12.1 Å². The van der Waals surface area contributed by atoms with Gasteiger partial charge in [0.15, 0.2) is 0 Å². The molecule has 1 aliphatic heterocycles. The standard InChI is InChI=1S/C14H20O3/c1-8-4-10(3)11(5-9(8)2)13-6-12(16)14(7-15)17-13/h4-5,12-16H,6-7H2,1-3H3/t12-,13-,14-/m1/s1. The monoisotopic (exact) mass is 236 g/mol. The molecule has 0 amide bonds. The van der Waals surface area contributed by atoms with Gasteiger partial charge in [0.1, 0.15) is 6.10 Å². The number of benzene rings is 1. The number of hydrogen-bond acceptors (Lipinski definition) is 3. The fraction of sp³-hybridized carbons (Fsp3) is 0.571. The first kappa shape index (κ1) is 12.6. The Hall–Kier alpha value is -0.900. The van der Waals surface area contributed by atoms with Crippen LogP contribution in [-0.2, 0) is 4.74 Å². The first-order valence-electron chi connectivity index (χ1n) is 6.05. The van der Waals surface area contributed by atoms with Crippen molar-refractivity contribution in [2.45, 2.75) is 45.5 Å². The molecule has 1 aromatic rings. The molecular formula is C14H20O3. The van der Waals surface area contributed by atoms with Gasteiger partial charge >= 0.3 is 0 Å². The molecule has 0 unspecified atom stereocenters. The number of aliphatic hydroxyl groups is 2. The molecule has 0 spiro atoms. The van der Waals surface area contributed by atoms with E-state index >= 15 is 0 Å². The first-order valence-corrected chi connectivity index (χ1v) is 6.05. The summed E-state index contributed by atoms with van der Waals surface area (Å²) in [7, 11) is 0. The molecule has 1 saturated heterocycles. The summed E-state index contributed by atoms with van der Waals surface area (Å²) < 4.78 is 5.68. The van der Waals surface area contributed by atoms with E-state index in [1.165, 1.54) is 16.7 Å². The highest BCUT2D eigenvalue weighted by Gasteiger charge is 2.34. The second-order valence-corrected chi connectivity index (χ2v) is 4.94. The fourth-order valence-corrected chi connectivity index (χ4v) is 2.42. The average Bonchev–Trinajstić information content (AvgIpc) is 2.65. The van der Waals surface area contributed by atoms with E-state index in [9.17, 15) is 5.11 Å². The molecule has 94 valence electrons. The maximum absolute atomic E-state index is 9.75. The van der Waals surface area contributed by atoms with Gasteiger partial charge in [0, 0.05) is 6.42 Å². The van der Waals surface area contributed by atoms with Crippen LogP contribution >= 0.6 is 0 Å². The lowest BCUT2D eigenvalue weighted by Gasteiger charge is -2.16. The van der Waals surface area contributed by atoms with E-state index in [1.54, 1.807) is 0 Å². The Balaban J connectivity index is 2.27. The van der Waals surface area contributed by atoms with Crippen LogP contribution < -0.4 is 0 Å². The highest BCUT2D eigenvalue weighted by molar-refractivity contribution is 5.38. The molecule has 3 atom stereocenters. The lowest BCUT2D eigenvalue weighted by molar-refractivity contribution is -0.0227. The highest BCUT2D eigenvalue weighted by Crippen LogP contribution is 2.35. The molecule has 0 saturated carbocycles. The van der Waals surface area contributed by atoms with Crippen molar-refractivity contribution in [3.63, 3.8) is 0 Å². The van der Waals surface area contributed by atoms with Crippen LogP contribution in [0.25, 0.3) is 0 Å². The molecule has 3 nitrogen and oxygen atoms in total. The van der Waals surface area contributed by atoms with E-state index in [-0.39, 0.29) is 12.7 Å². The number of hydrogen-bond donors (Lipinski definition) is 2. The second kappa shape index (κ2) is 4.77. The number of aliphatic hydroxyl groups excluding tert-OH is 2.